The smallest absolute Gasteiger partial charge is 0.338 e. The molecule has 0 aromatic heterocycles. The third-order valence-electron chi connectivity index (χ3n) is 3.61. The predicted molar refractivity (Wildman–Crippen MR) is 77.4 cm³/mol. The van der Waals surface area contributed by atoms with Crippen molar-refractivity contribution in [2.45, 2.75) is 6.10 Å². The molecule has 0 bridgehead atoms. The molecule has 0 unspecified atom stereocenters. The summed E-state index contributed by atoms with van der Waals surface area (Å²) in [7, 11) is 0. The Hall–Kier alpha value is -2.13. The summed E-state index contributed by atoms with van der Waals surface area (Å²) in [4.78, 5) is 12.2. The first kappa shape index (κ1) is 12.9. The van der Waals surface area contributed by atoms with Crippen molar-refractivity contribution in [1.29, 1.82) is 0 Å². The average Bonchev–Trinajstić information content (AvgIpc) is 2.46. The lowest BCUT2D eigenvalue weighted by molar-refractivity contribution is 0.00393. The molecule has 3 nitrogen and oxygen atoms in total. The van der Waals surface area contributed by atoms with E-state index in [1.54, 1.807) is 12.1 Å². The predicted octanol–water partition coefficient (Wildman–Crippen LogP) is 2.80. The van der Waals surface area contributed by atoms with Crippen LogP contribution in [-0.4, -0.2) is 19.1 Å². The third kappa shape index (κ3) is 2.73. The minimum atomic E-state index is -0.258. The highest BCUT2D eigenvalue weighted by molar-refractivity contribution is 5.89. The van der Waals surface area contributed by atoms with Crippen molar-refractivity contribution in [3.05, 3.63) is 71.8 Å². The first-order valence-electron chi connectivity index (χ1n) is 6.86. The van der Waals surface area contributed by atoms with Gasteiger partial charge in [-0.2, -0.15) is 0 Å². The van der Waals surface area contributed by atoms with Crippen molar-refractivity contribution in [2.24, 2.45) is 5.92 Å². The monoisotopic (exact) mass is 267 g/mol. The number of benzene rings is 2. The highest BCUT2D eigenvalue weighted by Crippen LogP contribution is 2.29. The molecule has 2 aromatic carbocycles. The van der Waals surface area contributed by atoms with Crippen molar-refractivity contribution in [2.75, 3.05) is 13.1 Å². The molecule has 102 valence electrons. The molecule has 1 saturated heterocycles. The van der Waals surface area contributed by atoms with Crippen molar-refractivity contribution in [3.63, 3.8) is 0 Å². The van der Waals surface area contributed by atoms with Crippen LogP contribution in [0.5, 0.6) is 0 Å². The molecule has 3 rings (SSSR count). The van der Waals surface area contributed by atoms with E-state index in [-0.39, 0.29) is 12.1 Å². The van der Waals surface area contributed by atoms with Crippen LogP contribution in [0.2, 0.25) is 0 Å². The Bertz CT molecular complexity index is 564. The van der Waals surface area contributed by atoms with Crippen LogP contribution in [-0.2, 0) is 4.74 Å². The maximum Gasteiger partial charge on any atom is 0.338 e. The summed E-state index contributed by atoms with van der Waals surface area (Å²) >= 11 is 0. The summed E-state index contributed by atoms with van der Waals surface area (Å²) < 4.78 is 5.75. The molecule has 0 aliphatic carbocycles. The van der Waals surface area contributed by atoms with Gasteiger partial charge >= 0.3 is 5.97 Å². The molecule has 0 amide bonds. The highest BCUT2D eigenvalue weighted by Gasteiger charge is 2.31. The van der Waals surface area contributed by atoms with E-state index >= 15 is 0 Å². The lowest BCUT2D eigenvalue weighted by Crippen LogP contribution is -2.46. The number of ether oxygens (including phenoxy) is 1. The third-order valence-corrected chi connectivity index (χ3v) is 3.61. The van der Waals surface area contributed by atoms with Crippen LogP contribution in [0.4, 0.5) is 0 Å². The van der Waals surface area contributed by atoms with Crippen LogP contribution in [0.15, 0.2) is 60.7 Å². The molecule has 1 heterocycles. The number of nitrogens with one attached hydrogen (secondary N) is 1. The van der Waals surface area contributed by atoms with Gasteiger partial charge in [0, 0.05) is 19.0 Å². The molecular formula is C17H17NO2. The molecule has 1 aliphatic heterocycles. The molecule has 0 spiro atoms. The van der Waals surface area contributed by atoms with Crippen LogP contribution in [0.1, 0.15) is 22.0 Å². The largest absolute Gasteiger partial charge is 0.453 e. The van der Waals surface area contributed by atoms with Gasteiger partial charge in [-0.25, -0.2) is 4.79 Å². The Labute approximate surface area is 118 Å². The first-order chi connectivity index (χ1) is 9.84. The standard InChI is InChI=1S/C17H17NO2/c19-17(14-9-5-2-6-10-14)20-16(15-11-18-12-15)13-7-3-1-4-8-13/h1-10,15-16,18H,11-12H2/t16-/m0/s1. The fourth-order valence-corrected chi connectivity index (χ4v) is 2.36. The Morgan fingerprint density at radius 1 is 1.00 bits per heavy atom. The Morgan fingerprint density at radius 2 is 1.60 bits per heavy atom. The first-order valence-corrected chi connectivity index (χ1v) is 6.86. The average molecular weight is 267 g/mol. The zero-order chi connectivity index (χ0) is 13.8. The van der Waals surface area contributed by atoms with Gasteiger partial charge in [0.15, 0.2) is 0 Å². The van der Waals surface area contributed by atoms with E-state index in [9.17, 15) is 4.79 Å². The number of carbonyl (C=O) groups excluding carboxylic acids is 1. The number of hydrogen-bond acceptors (Lipinski definition) is 3. The van der Waals surface area contributed by atoms with Crippen molar-refractivity contribution in [3.8, 4) is 0 Å². The maximum atomic E-state index is 12.2. The fraction of sp³-hybridized carbons (Fsp3) is 0.235. The lowest BCUT2D eigenvalue weighted by atomic mass is 9.91. The number of rotatable bonds is 4. The molecule has 2 aromatic rings. The van der Waals surface area contributed by atoms with Crippen LogP contribution >= 0.6 is 0 Å². The van der Waals surface area contributed by atoms with E-state index in [4.69, 9.17) is 4.74 Å². The van der Waals surface area contributed by atoms with Crippen LogP contribution < -0.4 is 5.32 Å². The Morgan fingerprint density at radius 3 is 2.15 bits per heavy atom. The molecule has 1 atom stereocenters. The molecular weight excluding hydrogens is 250 g/mol. The molecule has 1 fully saturated rings. The van der Waals surface area contributed by atoms with Gasteiger partial charge in [-0.15, -0.1) is 0 Å². The second-order valence-electron chi connectivity index (χ2n) is 5.02. The molecule has 3 heteroatoms. The van der Waals surface area contributed by atoms with Gasteiger partial charge < -0.3 is 10.1 Å². The van der Waals surface area contributed by atoms with Crippen molar-refractivity contribution in [1.82, 2.24) is 5.32 Å². The van der Waals surface area contributed by atoms with Gasteiger partial charge in [-0.05, 0) is 17.7 Å². The van der Waals surface area contributed by atoms with Gasteiger partial charge in [0.1, 0.15) is 6.10 Å². The van der Waals surface area contributed by atoms with Gasteiger partial charge in [-0.1, -0.05) is 48.5 Å². The van der Waals surface area contributed by atoms with E-state index in [1.807, 2.05) is 48.5 Å². The summed E-state index contributed by atoms with van der Waals surface area (Å²) in [5.41, 5.74) is 1.66. The summed E-state index contributed by atoms with van der Waals surface area (Å²) in [6.07, 6.45) is -0.176. The van der Waals surface area contributed by atoms with E-state index in [1.165, 1.54) is 0 Å². The van der Waals surface area contributed by atoms with E-state index in [0.717, 1.165) is 18.7 Å². The van der Waals surface area contributed by atoms with Gasteiger partial charge in [-0.3, -0.25) is 0 Å². The zero-order valence-electron chi connectivity index (χ0n) is 11.2. The van der Waals surface area contributed by atoms with Crippen molar-refractivity contribution < 1.29 is 9.53 Å². The van der Waals surface area contributed by atoms with E-state index in [0.29, 0.717) is 11.5 Å². The topological polar surface area (TPSA) is 38.3 Å². The minimum absolute atomic E-state index is 0.176. The summed E-state index contributed by atoms with van der Waals surface area (Å²) in [5, 5.41) is 3.23. The summed E-state index contributed by atoms with van der Waals surface area (Å²) in [6.45, 7) is 1.78. The second kappa shape index (κ2) is 5.88. The van der Waals surface area contributed by atoms with Gasteiger partial charge in [0.05, 0.1) is 5.56 Å². The van der Waals surface area contributed by atoms with Crippen LogP contribution in [0.3, 0.4) is 0 Å². The molecule has 0 radical (unpaired) electrons. The maximum absolute atomic E-state index is 12.2. The van der Waals surface area contributed by atoms with Crippen LogP contribution in [0, 0.1) is 5.92 Å². The van der Waals surface area contributed by atoms with E-state index in [2.05, 4.69) is 5.32 Å². The SMILES string of the molecule is O=C(O[C@@H](c1ccccc1)C1CNC1)c1ccccc1. The molecule has 1 N–H and O–H groups in total. The van der Waals surface area contributed by atoms with Gasteiger partial charge in [0.2, 0.25) is 0 Å². The second-order valence-corrected chi connectivity index (χ2v) is 5.02. The van der Waals surface area contributed by atoms with Crippen LogP contribution in [0.25, 0.3) is 0 Å². The normalized spacial score (nSPS) is 16.2. The lowest BCUT2D eigenvalue weighted by Gasteiger charge is -2.34. The van der Waals surface area contributed by atoms with Gasteiger partial charge in [0.25, 0.3) is 0 Å². The van der Waals surface area contributed by atoms with Crippen molar-refractivity contribution >= 4 is 5.97 Å². The summed E-state index contributed by atoms with van der Waals surface area (Å²) in [5.74, 6) is 0.0939. The zero-order valence-corrected chi connectivity index (χ0v) is 11.2. The quantitative estimate of drug-likeness (QED) is 0.866. The Kier molecular flexibility index (Phi) is 3.79. The number of esters is 1. The van der Waals surface area contributed by atoms with E-state index < -0.39 is 0 Å². The molecule has 1 aliphatic rings. The molecule has 20 heavy (non-hydrogen) atoms. The minimum Gasteiger partial charge on any atom is -0.453 e. The number of carbonyl (C=O) groups is 1. The summed E-state index contributed by atoms with van der Waals surface area (Å²) in [6, 6.07) is 19.1. The molecule has 0 saturated carbocycles. The number of hydrogen-bond donors (Lipinski definition) is 1. The fourth-order valence-electron chi connectivity index (χ4n) is 2.36. The highest BCUT2D eigenvalue weighted by atomic mass is 16.5. The Balaban J connectivity index is 1.79.